The van der Waals surface area contributed by atoms with Gasteiger partial charge >= 0.3 is 12.4 Å². The molecule has 0 saturated heterocycles. The van der Waals surface area contributed by atoms with Gasteiger partial charge in [0.05, 0.1) is 11.1 Å². The number of nitrogens with zero attached hydrogens (tertiary/aromatic N) is 1. The van der Waals surface area contributed by atoms with E-state index < -0.39 is 23.5 Å². The SMILES string of the molecule is Nc1ncc(-c2cccc(C(F)(F)F)c2)cc1-c1cccc(C(F)(F)F)c1. The predicted octanol–water partition coefficient (Wildman–Crippen LogP) is 6.04. The van der Waals surface area contributed by atoms with Gasteiger partial charge in [0.2, 0.25) is 0 Å². The van der Waals surface area contributed by atoms with Crippen molar-refractivity contribution in [2.75, 3.05) is 5.73 Å². The number of nitrogen functional groups attached to an aromatic ring is 1. The molecule has 0 spiro atoms. The molecule has 0 saturated carbocycles. The summed E-state index contributed by atoms with van der Waals surface area (Å²) in [7, 11) is 0. The van der Waals surface area contributed by atoms with E-state index in [1.807, 2.05) is 0 Å². The average Bonchev–Trinajstić information content (AvgIpc) is 2.61. The second-order valence-corrected chi connectivity index (χ2v) is 5.81. The van der Waals surface area contributed by atoms with E-state index in [0.717, 1.165) is 24.3 Å². The molecule has 0 atom stereocenters. The van der Waals surface area contributed by atoms with Crippen LogP contribution in [0.25, 0.3) is 22.3 Å². The van der Waals surface area contributed by atoms with E-state index in [-0.39, 0.29) is 22.5 Å². The number of aromatic nitrogens is 1. The molecule has 2 aromatic carbocycles. The van der Waals surface area contributed by atoms with Crippen LogP contribution in [0.15, 0.2) is 60.8 Å². The van der Waals surface area contributed by atoms with E-state index in [9.17, 15) is 26.3 Å². The Kier molecular flexibility index (Phi) is 4.59. The lowest BCUT2D eigenvalue weighted by molar-refractivity contribution is -0.138. The number of benzene rings is 2. The molecule has 3 rings (SSSR count). The number of pyridine rings is 1. The molecule has 1 aromatic heterocycles. The maximum atomic E-state index is 12.9. The van der Waals surface area contributed by atoms with E-state index in [0.29, 0.717) is 5.56 Å². The topological polar surface area (TPSA) is 38.9 Å². The molecule has 0 unspecified atom stereocenters. The molecular formula is C19H12F6N2. The molecule has 0 amide bonds. The van der Waals surface area contributed by atoms with Gasteiger partial charge in [0, 0.05) is 17.3 Å². The summed E-state index contributed by atoms with van der Waals surface area (Å²) in [5, 5.41) is 0. The molecule has 8 heteroatoms. The fourth-order valence-corrected chi connectivity index (χ4v) is 2.60. The van der Waals surface area contributed by atoms with Crippen molar-refractivity contribution in [3.63, 3.8) is 0 Å². The van der Waals surface area contributed by atoms with Crippen molar-refractivity contribution < 1.29 is 26.3 Å². The van der Waals surface area contributed by atoms with Gasteiger partial charge in [-0.3, -0.25) is 0 Å². The third-order valence-corrected chi connectivity index (χ3v) is 3.94. The number of halogens is 6. The van der Waals surface area contributed by atoms with Crippen LogP contribution in [0.5, 0.6) is 0 Å². The maximum Gasteiger partial charge on any atom is 0.416 e. The molecule has 140 valence electrons. The van der Waals surface area contributed by atoms with Crippen LogP contribution >= 0.6 is 0 Å². The summed E-state index contributed by atoms with van der Waals surface area (Å²) in [5.74, 6) is -0.0231. The van der Waals surface area contributed by atoms with Crippen LogP contribution in [0.4, 0.5) is 32.2 Å². The first kappa shape index (κ1) is 18.8. The van der Waals surface area contributed by atoms with Crippen molar-refractivity contribution in [1.82, 2.24) is 4.98 Å². The standard InChI is InChI=1S/C19H12F6N2/c20-18(21,22)14-5-1-3-11(7-14)13-9-16(17(26)27-10-13)12-4-2-6-15(8-12)19(23,24)25/h1-10H,(H2,26,27). The molecular weight excluding hydrogens is 370 g/mol. The minimum atomic E-state index is -4.53. The molecule has 0 aliphatic carbocycles. The zero-order valence-electron chi connectivity index (χ0n) is 13.6. The second kappa shape index (κ2) is 6.61. The average molecular weight is 382 g/mol. The van der Waals surface area contributed by atoms with Gasteiger partial charge < -0.3 is 5.73 Å². The number of alkyl halides is 6. The number of hydrogen-bond donors (Lipinski definition) is 1. The largest absolute Gasteiger partial charge is 0.416 e. The lowest BCUT2D eigenvalue weighted by Gasteiger charge is -2.12. The zero-order chi connectivity index (χ0) is 19.8. The molecule has 0 aliphatic heterocycles. The minimum absolute atomic E-state index is 0.0231. The zero-order valence-corrected chi connectivity index (χ0v) is 13.6. The first-order valence-electron chi connectivity index (χ1n) is 7.66. The Bertz CT molecular complexity index is 976. The Morgan fingerprint density at radius 2 is 1.19 bits per heavy atom. The van der Waals surface area contributed by atoms with E-state index in [1.165, 1.54) is 36.5 Å². The summed E-state index contributed by atoms with van der Waals surface area (Å²) in [6, 6.07) is 10.5. The highest BCUT2D eigenvalue weighted by Crippen LogP contribution is 2.36. The quantitative estimate of drug-likeness (QED) is 0.549. The molecule has 0 fully saturated rings. The molecule has 3 aromatic rings. The van der Waals surface area contributed by atoms with Crippen LogP contribution in [0.2, 0.25) is 0 Å². The fourth-order valence-electron chi connectivity index (χ4n) is 2.60. The molecule has 0 radical (unpaired) electrons. The molecule has 27 heavy (non-hydrogen) atoms. The Hall–Kier alpha value is -3.03. The first-order valence-corrected chi connectivity index (χ1v) is 7.66. The highest BCUT2D eigenvalue weighted by atomic mass is 19.4. The van der Waals surface area contributed by atoms with Gasteiger partial charge in [-0.05, 0) is 41.5 Å². The Morgan fingerprint density at radius 1 is 0.667 bits per heavy atom. The summed E-state index contributed by atoms with van der Waals surface area (Å²) in [5.41, 5.74) is 5.00. The van der Waals surface area contributed by atoms with Gasteiger partial charge in [-0.1, -0.05) is 24.3 Å². The van der Waals surface area contributed by atoms with E-state index in [1.54, 1.807) is 0 Å². The van der Waals surface area contributed by atoms with Gasteiger partial charge in [-0.25, -0.2) is 4.98 Å². The van der Waals surface area contributed by atoms with Crippen molar-refractivity contribution >= 4 is 5.82 Å². The van der Waals surface area contributed by atoms with Gasteiger partial charge in [0.25, 0.3) is 0 Å². The van der Waals surface area contributed by atoms with E-state index in [4.69, 9.17) is 5.73 Å². The smallest absolute Gasteiger partial charge is 0.383 e. The van der Waals surface area contributed by atoms with Crippen molar-refractivity contribution in [2.24, 2.45) is 0 Å². The molecule has 0 aliphatic rings. The Morgan fingerprint density at radius 3 is 1.74 bits per heavy atom. The molecule has 1 heterocycles. The number of hydrogen-bond acceptors (Lipinski definition) is 2. The van der Waals surface area contributed by atoms with Crippen LogP contribution in [0.1, 0.15) is 11.1 Å². The fraction of sp³-hybridized carbons (Fsp3) is 0.105. The lowest BCUT2D eigenvalue weighted by Crippen LogP contribution is -2.05. The second-order valence-electron chi connectivity index (χ2n) is 5.81. The van der Waals surface area contributed by atoms with Gasteiger partial charge in [-0.15, -0.1) is 0 Å². The number of rotatable bonds is 2. The molecule has 2 N–H and O–H groups in total. The van der Waals surface area contributed by atoms with Crippen molar-refractivity contribution in [2.45, 2.75) is 12.4 Å². The summed E-state index contributed by atoms with van der Waals surface area (Å²) < 4.78 is 77.5. The monoisotopic (exact) mass is 382 g/mol. The normalized spacial score (nSPS) is 12.2. The van der Waals surface area contributed by atoms with Gasteiger partial charge in [0.1, 0.15) is 5.82 Å². The predicted molar refractivity (Wildman–Crippen MR) is 89.5 cm³/mol. The summed E-state index contributed by atoms with van der Waals surface area (Å²) in [6.45, 7) is 0. The maximum absolute atomic E-state index is 12.9. The van der Waals surface area contributed by atoms with Gasteiger partial charge in [-0.2, -0.15) is 26.3 Å². The minimum Gasteiger partial charge on any atom is -0.383 e. The van der Waals surface area contributed by atoms with Crippen molar-refractivity contribution in [1.29, 1.82) is 0 Å². The van der Waals surface area contributed by atoms with E-state index in [2.05, 4.69) is 4.98 Å². The highest BCUT2D eigenvalue weighted by Gasteiger charge is 2.31. The summed E-state index contributed by atoms with van der Waals surface area (Å²) in [4.78, 5) is 3.93. The van der Waals surface area contributed by atoms with E-state index >= 15 is 0 Å². The lowest BCUT2D eigenvalue weighted by atomic mass is 9.98. The third kappa shape index (κ3) is 4.05. The van der Waals surface area contributed by atoms with Crippen LogP contribution < -0.4 is 5.73 Å². The Balaban J connectivity index is 2.09. The van der Waals surface area contributed by atoms with Crippen LogP contribution in [-0.4, -0.2) is 4.98 Å². The third-order valence-electron chi connectivity index (χ3n) is 3.94. The summed E-state index contributed by atoms with van der Waals surface area (Å²) in [6.07, 6.45) is -7.76. The highest BCUT2D eigenvalue weighted by molar-refractivity contribution is 5.79. The van der Waals surface area contributed by atoms with Gasteiger partial charge in [0.15, 0.2) is 0 Å². The summed E-state index contributed by atoms with van der Waals surface area (Å²) >= 11 is 0. The number of nitrogens with two attached hydrogens (primary N) is 1. The van der Waals surface area contributed by atoms with Crippen molar-refractivity contribution in [3.05, 3.63) is 71.9 Å². The van der Waals surface area contributed by atoms with Crippen molar-refractivity contribution in [3.8, 4) is 22.3 Å². The van der Waals surface area contributed by atoms with Crippen LogP contribution in [-0.2, 0) is 12.4 Å². The van der Waals surface area contributed by atoms with Crippen LogP contribution in [0.3, 0.4) is 0 Å². The first-order chi connectivity index (χ1) is 12.6. The van der Waals surface area contributed by atoms with Crippen LogP contribution in [0, 0.1) is 0 Å². The molecule has 0 bridgehead atoms. The Labute approximate surface area is 150 Å². The number of anilines is 1. The molecule has 2 nitrogen and oxygen atoms in total.